The van der Waals surface area contributed by atoms with Gasteiger partial charge in [0, 0.05) is 56.6 Å². The van der Waals surface area contributed by atoms with Crippen LogP contribution < -0.4 is 19.7 Å². The topological polar surface area (TPSA) is 104 Å². The summed E-state index contributed by atoms with van der Waals surface area (Å²) < 4.78 is 32.2. The van der Waals surface area contributed by atoms with Gasteiger partial charge in [-0.25, -0.2) is 4.98 Å². The standard InChI is InChI=1S/C27H37N5O4S2/c1-6-31(13-14-32(18(2)3)19(4)5)21-7-10-23(11-8-21)38(34,35)36-22-9-12-24-25(15-22)37-27(29-24)30-26(33)20-16-28-17-20/h7-12,15,18-20,28H,6,13-14,16-17H2,1-5H3,(H,29,30,33). The number of thiazole rings is 1. The number of carbonyl (C=O) groups is 1. The van der Waals surface area contributed by atoms with Crippen molar-refractivity contribution in [2.75, 3.05) is 42.9 Å². The second-order valence-corrected chi connectivity index (χ2v) is 12.6. The molecule has 4 rings (SSSR count). The van der Waals surface area contributed by atoms with Gasteiger partial charge in [-0.1, -0.05) is 11.3 Å². The molecule has 0 saturated carbocycles. The van der Waals surface area contributed by atoms with Gasteiger partial charge in [0.1, 0.15) is 10.6 Å². The van der Waals surface area contributed by atoms with E-state index in [1.165, 1.54) is 11.3 Å². The molecular weight excluding hydrogens is 522 g/mol. The smallest absolute Gasteiger partial charge is 0.339 e. The molecule has 1 fully saturated rings. The highest BCUT2D eigenvalue weighted by atomic mass is 32.2. The number of nitrogens with one attached hydrogen (secondary N) is 2. The van der Waals surface area contributed by atoms with E-state index < -0.39 is 10.1 Å². The Morgan fingerprint density at radius 3 is 2.37 bits per heavy atom. The lowest BCUT2D eigenvalue weighted by Crippen LogP contribution is -2.48. The molecule has 1 aliphatic heterocycles. The van der Waals surface area contributed by atoms with Crippen molar-refractivity contribution in [2.45, 2.75) is 51.6 Å². The first-order valence-corrected chi connectivity index (χ1v) is 15.3. The number of rotatable bonds is 12. The number of carbonyl (C=O) groups excluding carboxylic acids is 1. The Balaban J connectivity index is 1.42. The van der Waals surface area contributed by atoms with E-state index in [4.69, 9.17) is 4.18 Å². The minimum absolute atomic E-state index is 0.0448. The molecule has 0 radical (unpaired) electrons. The molecule has 9 nitrogen and oxygen atoms in total. The third-order valence-electron chi connectivity index (χ3n) is 6.78. The zero-order valence-corrected chi connectivity index (χ0v) is 24.2. The summed E-state index contributed by atoms with van der Waals surface area (Å²) in [6, 6.07) is 12.6. The summed E-state index contributed by atoms with van der Waals surface area (Å²) in [6.07, 6.45) is 0. The number of anilines is 2. The van der Waals surface area contributed by atoms with Gasteiger partial charge in [0.15, 0.2) is 5.13 Å². The highest BCUT2D eigenvalue weighted by Crippen LogP contribution is 2.31. The van der Waals surface area contributed by atoms with Gasteiger partial charge in [0.05, 0.1) is 16.1 Å². The lowest BCUT2D eigenvalue weighted by Gasteiger charge is -2.33. The Morgan fingerprint density at radius 2 is 1.79 bits per heavy atom. The first-order valence-electron chi connectivity index (χ1n) is 13.0. The number of benzene rings is 2. The van der Waals surface area contributed by atoms with E-state index in [-0.39, 0.29) is 22.5 Å². The first kappa shape index (κ1) is 28.3. The minimum atomic E-state index is -4.02. The highest BCUT2D eigenvalue weighted by molar-refractivity contribution is 7.87. The fraction of sp³-hybridized carbons (Fsp3) is 0.481. The number of hydrogen-bond donors (Lipinski definition) is 2. The van der Waals surface area contributed by atoms with Crippen LogP contribution in [0.3, 0.4) is 0 Å². The number of hydrogen-bond acceptors (Lipinski definition) is 9. The molecule has 1 amide bonds. The maximum Gasteiger partial charge on any atom is 0.339 e. The summed E-state index contributed by atoms with van der Waals surface area (Å²) in [6.45, 7) is 14.8. The highest BCUT2D eigenvalue weighted by Gasteiger charge is 2.26. The Hall–Kier alpha value is -2.73. The van der Waals surface area contributed by atoms with Gasteiger partial charge in [-0.3, -0.25) is 9.69 Å². The molecule has 1 aromatic heterocycles. The van der Waals surface area contributed by atoms with E-state index in [0.29, 0.717) is 35.8 Å². The van der Waals surface area contributed by atoms with Crippen LogP contribution >= 0.6 is 11.3 Å². The largest absolute Gasteiger partial charge is 0.379 e. The molecule has 11 heteroatoms. The molecule has 0 unspecified atom stereocenters. The number of amides is 1. The summed E-state index contributed by atoms with van der Waals surface area (Å²) in [5.41, 5.74) is 1.64. The zero-order chi connectivity index (χ0) is 27.4. The fourth-order valence-corrected chi connectivity index (χ4v) is 6.33. The van der Waals surface area contributed by atoms with Crippen molar-refractivity contribution in [2.24, 2.45) is 5.92 Å². The summed E-state index contributed by atoms with van der Waals surface area (Å²) >= 11 is 1.28. The Bertz CT molecular complexity index is 1340. The van der Waals surface area contributed by atoms with Crippen molar-refractivity contribution < 1.29 is 17.4 Å². The van der Waals surface area contributed by atoms with Crippen LogP contribution in [0.1, 0.15) is 34.6 Å². The number of fused-ring (bicyclic) bond motifs is 1. The maximum atomic E-state index is 13.0. The second-order valence-electron chi connectivity index (χ2n) is 10.0. The van der Waals surface area contributed by atoms with Gasteiger partial charge in [0.2, 0.25) is 5.91 Å². The maximum absolute atomic E-state index is 13.0. The third-order valence-corrected chi connectivity index (χ3v) is 8.97. The monoisotopic (exact) mass is 559 g/mol. The van der Waals surface area contributed by atoms with E-state index in [1.807, 2.05) is 12.1 Å². The molecule has 0 aliphatic carbocycles. The third kappa shape index (κ3) is 6.63. The van der Waals surface area contributed by atoms with Crippen LogP contribution in [0.5, 0.6) is 5.75 Å². The molecule has 38 heavy (non-hydrogen) atoms. The van der Waals surface area contributed by atoms with Crippen LogP contribution in [0, 0.1) is 5.92 Å². The molecule has 1 aliphatic rings. The molecular formula is C27H37N5O4S2. The lowest BCUT2D eigenvalue weighted by atomic mass is 10.0. The van der Waals surface area contributed by atoms with Crippen LogP contribution in [0.25, 0.3) is 10.2 Å². The molecule has 2 N–H and O–H groups in total. The molecule has 0 spiro atoms. The molecule has 0 atom stereocenters. The molecule has 1 saturated heterocycles. The lowest BCUT2D eigenvalue weighted by molar-refractivity contribution is -0.121. The quantitative estimate of drug-likeness (QED) is 0.319. The second kappa shape index (κ2) is 12.0. The van der Waals surface area contributed by atoms with Gasteiger partial charge in [-0.05, 0) is 71.0 Å². The summed E-state index contributed by atoms with van der Waals surface area (Å²) in [7, 11) is -4.02. The van der Waals surface area contributed by atoms with Crippen molar-refractivity contribution in [1.82, 2.24) is 15.2 Å². The average molecular weight is 560 g/mol. The van der Waals surface area contributed by atoms with Crippen molar-refractivity contribution in [1.29, 1.82) is 0 Å². The number of nitrogens with zero attached hydrogens (tertiary/aromatic N) is 3. The van der Waals surface area contributed by atoms with Crippen molar-refractivity contribution in [3.05, 3.63) is 42.5 Å². The molecule has 2 aromatic carbocycles. The van der Waals surface area contributed by atoms with E-state index in [9.17, 15) is 13.2 Å². The number of likely N-dealkylation sites (N-methyl/N-ethyl adjacent to an activating group) is 1. The van der Waals surface area contributed by atoms with E-state index in [0.717, 1.165) is 30.0 Å². The van der Waals surface area contributed by atoms with Crippen molar-refractivity contribution in [3.63, 3.8) is 0 Å². The predicted molar refractivity (Wildman–Crippen MR) is 154 cm³/mol. The van der Waals surface area contributed by atoms with Crippen LogP contribution in [0.4, 0.5) is 10.8 Å². The van der Waals surface area contributed by atoms with Gasteiger partial charge < -0.3 is 19.7 Å². The van der Waals surface area contributed by atoms with Gasteiger partial charge in [-0.2, -0.15) is 8.42 Å². The summed E-state index contributed by atoms with van der Waals surface area (Å²) in [4.78, 5) is 21.4. The van der Waals surface area contributed by atoms with E-state index in [2.05, 4.69) is 60.0 Å². The SMILES string of the molecule is CCN(CCN(C(C)C)C(C)C)c1ccc(S(=O)(=O)Oc2ccc3nc(NC(=O)C4CNC4)sc3c2)cc1. The summed E-state index contributed by atoms with van der Waals surface area (Å²) in [5.74, 6) is 0.0877. The van der Waals surface area contributed by atoms with Gasteiger partial charge in [0.25, 0.3) is 0 Å². The number of aromatic nitrogens is 1. The van der Waals surface area contributed by atoms with E-state index in [1.54, 1.807) is 30.3 Å². The van der Waals surface area contributed by atoms with Crippen molar-refractivity contribution in [3.8, 4) is 5.75 Å². The summed E-state index contributed by atoms with van der Waals surface area (Å²) in [5, 5.41) is 6.39. The normalized spacial score (nSPS) is 14.3. The zero-order valence-electron chi connectivity index (χ0n) is 22.6. The molecule has 0 bridgehead atoms. The van der Waals surface area contributed by atoms with E-state index >= 15 is 0 Å². The van der Waals surface area contributed by atoms with Crippen LogP contribution in [-0.4, -0.2) is 69.0 Å². The van der Waals surface area contributed by atoms with Gasteiger partial charge in [-0.15, -0.1) is 0 Å². The first-order chi connectivity index (χ1) is 18.1. The molecule has 206 valence electrons. The van der Waals surface area contributed by atoms with Gasteiger partial charge >= 0.3 is 10.1 Å². The predicted octanol–water partition coefficient (Wildman–Crippen LogP) is 4.17. The van der Waals surface area contributed by atoms with Crippen LogP contribution in [0.2, 0.25) is 0 Å². The molecule has 2 heterocycles. The Morgan fingerprint density at radius 1 is 1.11 bits per heavy atom. The Kier molecular flexibility index (Phi) is 8.92. The fourth-order valence-electron chi connectivity index (χ4n) is 4.51. The average Bonchev–Trinajstić information content (AvgIpc) is 3.21. The Labute approximate surface area is 229 Å². The molecule has 3 aromatic rings. The minimum Gasteiger partial charge on any atom is -0.379 e. The van der Waals surface area contributed by atoms with Crippen LogP contribution in [0.15, 0.2) is 47.4 Å². The van der Waals surface area contributed by atoms with Crippen LogP contribution in [-0.2, 0) is 14.9 Å². The van der Waals surface area contributed by atoms with Crippen molar-refractivity contribution >= 4 is 48.4 Å².